The Labute approximate surface area is 239 Å². The van der Waals surface area contributed by atoms with Crippen LogP contribution in [0.4, 0.5) is 4.79 Å². The summed E-state index contributed by atoms with van der Waals surface area (Å²) in [5.74, 6) is -0.685. The first kappa shape index (κ1) is 32.5. The molecule has 3 aliphatic heterocycles. The molecule has 0 radical (unpaired) electrons. The number of carbonyl (C=O) groups is 1. The maximum Gasteiger partial charge on any atom is 0.316 e. The minimum Gasteiger partial charge on any atom is -0.410 e. The number of nitrogens with two attached hydrogens (primary N) is 1. The minimum atomic E-state index is -1.94. The fourth-order valence-corrected chi connectivity index (χ4v) is 13.0. The quantitative estimate of drug-likeness (QED) is 0.216. The van der Waals surface area contributed by atoms with E-state index in [-0.39, 0.29) is 24.3 Å². The van der Waals surface area contributed by atoms with Crippen LogP contribution < -0.4 is 5.73 Å². The molecule has 3 aliphatic rings. The van der Waals surface area contributed by atoms with Gasteiger partial charge in [0.15, 0.2) is 5.79 Å². The minimum absolute atomic E-state index is 0.0129. The number of carbonyl (C=O) groups excluding carboxylic acids is 1. The summed E-state index contributed by atoms with van der Waals surface area (Å²) in [6.07, 6.45) is 10.6. The van der Waals surface area contributed by atoms with Crippen molar-refractivity contribution in [2.75, 3.05) is 39.5 Å². The second-order valence-electron chi connectivity index (χ2n) is 12.6. The van der Waals surface area contributed by atoms with Gasteiger partial charge in [-0.3, -0.25) is 4.90 Å². The van der Waals surface area contributed by atoms with Crippen LogP contribution in [0.15, 0.2) is 12.2 Å². The van der Waals surface area contributed by atoms with Crippen LogP contribution in [0.1, 0.15) is 93.4 Å². The molecule has 3 heterocycles. The number of amides is 2. The highest BCUT2D eigenvalue weighted by Gasteiger charge is 2.47. The van der Waals surface area contributed by atoms with Gasteiger partial charge in [0, 0.05) is 32.0 Å². The maximum atomic E-state index is 12.6. The van der Waals surface area contributed by atoms with Gasteiger partial charge >= 0.3 is 6.03 Å². The van der Waals surface area contributed by atoms with Gasteiger partial charge in [-0.05, 0) is 48.7 Å². The van der Waals surface area contributed by atoms with Gasteiger partial charge in [-0.2, -0.15) is 0 Å². The van der Waals surface area contributed by atoms with Crippen molar-refractivity contribution in [3.8, 4) is 0 Å². The summed E-state index contributed by atoms with van der Waals surface area (Å²) in [4.78, 5) is 16.9. The molecule has 0 aromatic carbocycles. The molecule has 2 N–H and O–H groups in total. The number of hydrogen-bond acceptors (Lipinski definition) is 6. The van der Waals surface area contributed by atoms with E-state index >= 15 is 0 Å². The summed E-state index contributed by atoms with van der Waals surface area (Å²) in [5, 5.41) is 0. The molecule has 0 aromatic heterocycles. The van der Waals surface area contributed by atoms with Crippen molar-refractivity contribution in [2.45, 2.75) is 134 Å². The molecule has 0 bridgehead atoms. The smallest absolute Gasteiger partial charge is 0.316 e. The van der Waals surface area contributed by atoms with Crippen molar-refractivity contribution < 1.29 is 23.4 Å². The first-order chi connectivity index (χ1) is 18.6. The predicted molar refractivity (Wildman–Crippen MR) is 159 cm³/mol. The Hall–Kier alpha value is -0.973. The lowest BCUT2D eigenvalue weighted by molar-refractivity contribution is -0.277. The van der Waals surface area contributed by atoms with Crippen LogP contribution >= 0.6 is 0 Å². The van der Waals surface area contributed by atoms with Gasteiger partial charge < -0.3 is 29.3 Å². The standard InChI is InChI=1S/C30H57N3O5Si/c1-8-27(38-39(23(2)3,24(4)5)25(6)7)12-9-10-15-30(36-18-11-19-37-30)22-26-13-14-28(33(26)29(31)34)32-16-20-35-21-17-32/h9,12,23-28H,8,10-11,13-22H2,1-7H3,(H2,31,34)/b12-9-/t26-,27-,28+/m0/s1. The summed E-state index contributed by atoms with van der Waals surface area (Å²) < 4.78 is 25.3. The molecule has 0 unspecified atom stereocenters. The first-order valence-electron chi connectivity index (χ1n) is 15.6. The van der Waals surface area contributed by atoms with Crippen LogP contribution in [0.3, 0.4) is 0 Å². The highest BCUT2D eigenvalue weighted by atomic mass is 28.4. The molecule has 0 saturated carbocycles. The number of ether oxygens (including phenoxy) is 3. The molecule has 3 atom stereocenters. The Morgan fingerprint density at radius 2 is 1.64 bits per heavy atom. The molecule has 8 nitrogen and oxygen atoms in total. The molecular weight excluding hydrogens is 510 g/mol. The summed E-state index contributed by atoms with van der Waals surface area (Å²) >= 11 is 0. The Morgan fingerprint density at radius 1 is 1.03 bits per heavy atom. The third-order valence-electron chi connectivity index (χ3n) is 9.27. The number of primary amides is 1. The van der Waals surface area contributed by atoms with Crippen molar-refractivity contribution in [3.63, 3.8) is 0 Å². The van der Waals surface area contributed by atoms with Crippen molar-refractivity contribution in [1.29, 1.82) is 0 Å². The van der Waals surface area contributed by atoms with E-state index in [1.165, 1.54) is 0 Å². The number of rotatable bonds is 13. The van der Waals surface area contributed by atoms with Crippen LogP contribution in [0, 0.1) is 0 Å². The van der Waals surface area contributed by atoms with E-state index in [4.69, 9.17) is 24.4 Å². The predicted octanol–water partition coefficient (Wildman–Crippen LogP) is 6.02. The number of allylic oxidation sites excluding steroid dienone is 1. The van der Waals surface area contributed by atoms with Crippen molar-refractivity contribution in [3.05, 3.63) is 12.2 Å². The monoisotopic (exact) mass is 567 g/mol. The SMILES string of the molecule is CC[C@@H](/C=C\CCC1(C[C@@H]2CC[C@H](N3CCOCC3)N2C(N)=O)OCCCO1)O[Si](C(C)C)(C(C)C)C(C)C. The van der Waals surface area contributed by atoms with Gasteiger partial charge in [0.2, 0.25) is 8.32 Å². The lowest BCUT2D eigenvalue weighted by atomic mass is 9.98. The van der Waals surface area contributed by atoms with Crippen molar-refractivity contribution >= 4 is 14.3 Å². The molecule has 3 saturated heterocycles. The summed E-state index contributed by atoms with van der Waals surface area (Å²) in [7, 11) is -1.94. The topological polar surface area (TPSA) is 86.5 Å². The highest BCUT2D eigenvalue weighted by Crippen LogP contribution is 2.43. The number of likely N-dealkylation sites (tertiary alicyclic amines) is 1. The molecule has 39 heavy (non-hydrogen) atoms. The van der Waals surface area contributed by atoms with E-state index in [0.29, 0.717) is 49.5 Å². The lowest BCUT2D eigenvalue weighted by Crippen LogP contribution is -2.56. The van der Waals surface area contributed by atoms with Gasteiger partial charge in [-0.25, -0.2) is 4.79 Å². The van der Waals surface area contributed by atoms with E-state index in [1.54, 1.807) is 0 Å². The first-order valence-corrected chi connectivity index (χ1v) is 17.7. The zero-order chi connectivity index (χ0) is 28.6. The molecular formula is C30H57N3O5Si. The summed E-state index contributed by atoms with van der Waals surface area (Å²) in [5.41, 5.74) is 7.63. The summed E-state index contributed by atoms with van der Waals surface area (Å²) in [6.45, 7) is 20.7. The number of hydrogen-bond donors (Lipinski definition) is 1. The number of urea groups is 1. The number of nitrogens with zero attached hydrogens (tertiary/aromatic N) is 2. The number of morpholine rings is 1. The third-order valence-corrected chi connectivity index (χ3v) is 15.4. The normalized spacial score (nSPS) is 25.8. The van der Waals surface area contributed by atoms with Crippen LogP contribution in [0.2, 0.25) is 16.6 Å². The third kappa shape index (κ3) is 7.86. The second kappa shape index (κ2) is 14.8. The van der Waals surface area contributed by atoms with E-state index in [0.717, 1.165) is 51.6 Å². The Balaban J connectivity index is 1.66. The Morgan fingerprint density at radius 3 is 2.18 bits per heavy atom. The average Bonchev–Trinajstić information content (AvgIpc) is 3.32. The van der Waals surface area contributed by atoms with Gasteiger partial charge in [-0.15, -0.1) is 0 Å². The largest absolute Gasteiger partial charge is 0.410 e. The molecule has 3 fully saturated rings. The fraction of sp³-hybridized carbons (Fsp3) is 0.900. The van der Waals surface area contributed by atoms with Crippen LogP contribution in [-0.4, -0.2) is 87.8 Å². The van der Waals surface area contributed by atoms with E-state index in [2.05, 4.69) is 65.5 Å². The van der Waals surface area contributed by atoms with Crippen molar-refractivity contribution in [1.82, 2.24) is 9.80 Å². The van der Waals surface area contributed by atoms with Crippen molar-refractivity contribution in [2.24, 2.45) is 5.73 Å². The molecule has 226 valence electrons. The second-order valence-corrected chi connectivity index (χ2v) is 18.0. The van der Waals surface area contributed by atoms with Crippen LogP contribution in [0.5, 0.6) is 0 Å². The average molecular weight is 568 g/mol. The van der Waals surface area contributed by atoms with Crippen LogP contribution in [0.25, 0.3) is 0 Å². The fourth-order valence-electron chi connectivity index (χ4n) is 7.44. The Kier molecular flexibility index (Phi) is 12.3. The molecule has 3 rings (SSSR count). The maximum absolute atomic E-state index is 12.6. The lowest BCUT2D eigenvalue weighted by Gasteiger charge is -2.44. The molecule has 0 aliphatic carbocycles. The van der Waals surface area contributed by atoms with Gasteiger partial charge in [0.25, 0.3) is 0 Å². The van der Waals surface area contributed by atoms with Gasteiger partial charge in [-0.1, -0.05) is 60.6 Å². The molecule has 0 aromatic rings. The Bertz CT molecular complexity index is 759. The van der Waals surface area contributed by atoms with E-state index < -0.39 is 14.1 Å². The van der Waals surface area contributed by atoms with Crippen LogP contribution in [-0.2, 0) is 18.6 Å². The van der Waals surface area contributed by atoms with Gasteiger partial charge in [0.05, 0.1) is 38.7 Å². The molecule has 9 heteroatoms. The zero-order valence-corrected chi connectivity index (χ0v) is 26.8. The molecule has 2 amide bonds. The highest BCUT2D eigenvalue weighted by molar-refractivity contribution is 6.77. The summed E-state index contributed by atoms with van der Waals surface area (Å²) in [6, 6.07) is -0.338. The van der Waals surface area contributed by atoms with E-state index in [9.17, 15) is 4.79 Å². The zero-order valence-electron chi connectivity index (χ0n) is 25.8. The van der Waals surface area contributed by atoms with E-state index in [1.807, 2.05) is 4.90 Å². The van der Waals surface area contributed by atoms with Gasteiger partial charge in [0.1, 0.15) is 0 Å². The molecule has 0 spiro atoms.